The van der Waals surface area contributed by atoms with Gasteiger partial charge in [0.1, 0.15) is 0 Å². The molecule has 1 fully saturated rings. The van der Waals surface area contributed by atoms with Gasteiger partial charge in [-0.05, 0) is 18.4 Å². The number of rotatable bonds is 3. The fraction of sp³-hybridized carbons (Fsp3) is 0.400. The number of nitrogen functional groups attached to an aromatic ring is 1. The van der Waals surface area contributed by atoms with Crippen LogP contribution < -0.4 is 11.1 Å². The zero-order valence-corrected chi connectivity index (χ0v) is 8.43. The smallest absolute Gasteiger partial charge is 0.273 e. The minimum Gasteiger partial charge on any atom is -0.398 e. The largest absolute Gasteiger partial charge is 0.398 e. The minimum absolute atomic E-state index is 0.0332. The molecule has 2 unspecified atom stereocenters. The van der Waals surface area contributed by atoms with Gasteiger partial charge in [-0.2, -0.15) is 0 Å². The second-order valence-corrected chi connectivity index (χ2v) is 4.03. The molecule has 0 heterocycles. The molecule has 1 aromatic rings. The first-order valence-corrected chi connectivity index (χ1v) is 4.88. The maximum absolute atomic E-state index is 10.6. The lowest BCUT2D eigenvalue weighted by molar-refractivity contribution is -0.384. The van der Waals surface area contributed by atoms with Gasteiger partial charge in [0.2, 0.25) is 0 Å². The van der Waals surface area contributed by atoms with Crippen LogP contribution in [0.2, 0.25) is 0 Å². The molecule has 0 saturated heterocycles. The Bertz CT molecular complexity index is 406. The molecule has 1 aromatic carbocycles. The summed E-state index contributed by atoms with van der Waals surface area (Å²) in [4.78, 5) is 10.2. The van der Waals surface area contributed by atoms with E-state index in [1.807, 2.05) is 0 Å². The molecule has 5 heteroatoms. The molecule has 1 aliphatic carbocycles. The Morgan fingerprint density at radius 2 is 2.20 bits per heavy atom. The van der Waals surface area contributed by atoms with Crippen LogP contribution in [0.5, 0.6) is 0 Å². The molecular formula is C10H13N3O2. The Hall–Kier alpha value is -1.78. The zero-order chi connectivity index (χ0) is 11.0. The number of non-ortho nitro benzene ring substituents is 1. The Labute approximate surface area is 87.4 Å². The first-order chi connectivity index (χ1) is 7.06. The van der Waals surface area contributed by atoms with Gasteiger partial charge >= 0.3 is 0 Å². The molecule has 0 radical (unpaired) electrons. The highest BCUT2D eigenvalue weighted by Crippen LogP contribution is 2.34. The van der Waals surface area contributed by atoms with Crippen LogP contribution in [0.1, 0.15) is 13.3 Å². The summed E-state index contributed by atoms with van der Waals surface area (Å²) >= 11 is 0. The van der Waals surface area contributed by atoms with E-state index in [9.17, 15) is 10.1 Å². The number of nitrogens with zero attached hydrogens (tertiary/aromatic N) is 1. The van der Waals surface area contributed by atoms with Crippen LogP contribution >= 0.6 is 0 Å². The number of nitrogens with two attached hydrogens (primary N) is 1. The highest BCUT2D eigenvalue weighted by molar-refractivity contribution is 5.62. The van der Waals surface area contributed by atoms with Crippen molar-refractivity contribution in [3.8, 4) is 0 Å². The normalized spacial score (nSPS) is 23.5. The van der Waals surface area contributed by atoms with Gasteiger partial charge in [-0.3, -0.25) is 10.1 Å². The second kappa shape index (κ2) is 3.42. The average Bonchev–Trinajstić information content (AvgIpc) is 2.80. The lowest BCUT2D eigenvalue weighted by atomic mass is 10.2. The van der Waals surface area contributed by atoms with Gasteiger partial charge < -0.3 is 11.1 Å². The highest BCUT2D eigenvalue weighted by atomic mass is 16.6. The van der Waals surface area contributed by atoms with Crippen LogP contribution in [0.15, 0.2) is 18.2 Å². The van der Waals surface area contributed by atoms with Crippen LogP contribution in [0, 0.1) is 16.0 Å². The van der Waals surface area contributed by atoms with E-state index in [0.29, 0.717) is 17.6 Å². The van der Waals surface area contributed by atoms with E-state index in [-0.39, 0.29) is 5.69 Å². The first-order valence-electron chi connectivity index (χ1n) is 4.88. The summed E-state index contributed by atoms with van der Waals surface area (Å²) < 4.78 is 0. The van der Waals surface area contributed by atoms with Crippen molar-refractivity contribution < 1.29 is 4.92 Å². The SMILES string of the molecule is CC1CC1Nc1cc(N)cc([N+](=O)[O-])c1. The van der Waals surface area contributed by atoms with Crippen LogP contribution in [-0.4, -0.2) is 11.0 Å². The molecule has 1 saturated carbocycles. The third-order valence-electron chi connectivity index (χ3n) is 2.61. The predicted octanol–water partition coefficient (Wildman–Crippen LogP) is 2.00. The van der Waals surface area contributed by atoms with E-state index in [1.165, 1.54) is 12.1 Å². The van der Waals surface area contributed by atoms with Crippen molar-refractivity contribution in [2.45, 2.75) is 19.4 Å². The number of nitro groups is 1. The van der Waals surface area contributed by atoms with Crippen LogP contribution in [0.4, 0.5) is 17.1 Å². The topological polar surface area (TPSA) is 81.2 Å². The summed E-state index contributed by atoms with van der Waals surface area (Å²) in [5, 5.41) is 13.8. The van der Waals surface area contributed by atoms with E-state index < -0.39 is 4.92 Å². The quantitative estimate of drug-likeness (QED) is 0.451. The number of benzene rings is 1. The summed E-state index contributed by atoms with van der Waals surface area (Å²) in [6, 6.07) is 5.03. The van der Waals surface area contributed by atoms with E-state index in [4.69, 9.17) is 5.73 Å². The molecule has 0 spiro atoms. The maximum Gasteiger partial charge on any atom is 0.273 e. The van der Waals surface area contributed by atoms with E-state index >= 15 is 0 Å². The molecule has 80 valence electrons. The Morgan fingerprint density at radius 1 is 1.53 bits per heavy atom. The van der Waals surface area contributed by atoms with Gasteiger partial charge in [-0.1, -0.05) is 6.92 Å². The van der Waals surface area contributed by atoms with Gasteiger partial charge in [-0.15, -0.1) is 0 Å². The summed E-state index contributed by atoms with van der Waals surface area (Å²) in [7, 11) is 0. The Morgan fingerprint density at radius 3 is 2.73 bits per heavy atom. The summed E-state index contributed by atoms with van der Waals surface area (Å²) in [5.74, 6) is 0.644. The molecule has 0 aromatic heterocycles. The maximum atomic E-state index is 10.6. The molecule has 0 amide bonds. The third-order valence-corrected chi connectivity index (χ3v) is 2.61. The van der Waals surface area contributed by atoms with Gasteiger partial charge in [0.25, 0.3) is 5.69 Å². The monoisotopic (exact) mass is 207 g/mol. The minimum atomic E-state index is -0.433. The number of anilines is 2. The van der Waals surface area contributed by atoms with Crippen molar-refractivity contribution in [1.29, 1.82) is 0 Å². The number of nitrogens with one attached hydrogen (secondary N) is 1. The van der Waals surface area contributed by atoms with Crippen LogP contribution in [-0.2, 0) is 0 Å². The van der Waals surface area contributed by atoms with Crippen molar-refractivity contribution in [3.63, 3.8) is 0 Å². The Balaban J connectivity index is 2.19. The van der Waals surface area contributed by atoms with Crippen molar-refractivity contribution in [1.82, 2.24) is 0 Å². The fourth-order valence-electron chi connectivity index (χ4n) is 1.56. The second-order valence-electron chi connectivity index (χ2n) is 4.03. The molecule has 3 N–H and O–H groups in total. The molecule has 1 aliphatic rings. The third kappa shape index (κ3) is 2.18. The van der Waals surface area contributed by atoms with E-state index in [1.54, 1.807) is 6.07 Å². The summed E-state index contributed by atoms with van der Waals surface area (Å²) in [6.07, 6.45) is 1.11. The van der Waals surface area contributed by atoms with Crippen molar-refractivity contribution in [2.75, 3.05) is 11.1 Å². The molecule has 0 bridgehead atoms. The van der Waals surface area contributed by atoms with Gasteiger partial charge in [0, 0.05) is 29.5 Å². The predicted molar refractivity (Wildman–Crippen MR) is 58.7 cm³/mol. The van der Waals surface area contributed by atoms with E-state index in [2.05, 4.69) is 12.2 Å². The first kappa shape index (κ1) is 9.76. The summed E-state index contributed by atoms with van der Waals surface area (Å²) in [6.45, 7) is 2.14. The molecular weight excluding hydrogens is 194 g/mol. The number of hydrogen-bond acceptors (Lipinski definition) is 4. The zero-order valence-electron chi connectivity index (χ0n) is 8.43. The molecule has 15 heavy (non-hydrogen) atoms. The van der Waals surface area contributed by atoms with Gasteiger partial charge in [-0.25, -0.2) is 0 Å². The molecule has 5 nitrogen and oxygen atoms in total. The molecule has 0 aliphatic heterocycles. The standard InChI is InChI=1S/C10H13N3O2/c1-6-2-10(6)12-8-3-7(11)4-9(5-8)13(14)15/h3-6,10,12H,2,11H2,1H3. The lowest BCUT2D eigenvalue weighted by Crippen LogP contribution is -2.04. The van der Waals surface area contributed by atoms with Gasteiger partial charge in [0.15, 0.2) is 0 Å². The lowest BCUT2D eigenvalue weighted by Gasteiger charge is -2.05. The number of nitro benzene ring substituents is 1. The van der Waals surface area contributed by atoms with Crippen LogP contribution in [0.3, 0.4) is 0 Å². The molecule has 2 atom stereocenters. The Kier molecular flexibility index (Phi) is 2.22. The fourth-order valence-corrected chi connectivity index (χ4v) is 1.56. The van der Waals surface area contributed by atoms with Crippen LogP contribution in [0.25, 0.3) is 0 Å². The average molecular weight is 207 g/mol. The van der Waals surface area contributed by atoms with Gasteiger partial charge in [0.05, 0.1) is 4.92 Å². The van der Waals surface area contributed by atoms with Crippen molar-refractivity contribution in [2.24, 2.45) is 5.92 Å². The highest BCUT2D eigenvalue weighted by Gasteiger charge is 2.32. The van der Waals surface area contributed by atoms with E-state index in [0.717, 1.165) is 12.1 Å². The number of hydrogen-bond donors (Lipinski definition) is 2. The van der Waals surface area contributed by atoms with Crippen molar-refractivity contribution >= 4 is 17.1 Å². The molecule has 2 rings (SSSR count). The van der Waals surface area contributed by atoms with Crippen molar-refractivity contribution in [3.05, 3.63) is 28.3 Å². The summed E-state index contributed by atoms with van der Waals surface area (Å²) in [5.41, 5.74) is 6.77.